The Bertz CT molecular complexity index is 671. The molecule has 2 aromatic carbocycles. The normalized spacial score (nSPS) is 10.0. The summed E-state index contributed by atoms with van der Waals surface area (Å²) in [5.74, 6) is -0.456. The van der Waals surface area contributed by atoms with E-state index in [1.165, 1.54) is 6.07 Å². The van der Waals surface area contributed by atoms with Crippen LogP contribution in [-0.4, -0.2) is 18.3 Å². The van der Waals surface area contributed by atoms with Crippen molar-refractivity contribution >= 4 is 29.4 Å². The van der Waals surface area contributed by atoms with Gasteiger partial charge in [0.25, 0.3) is 0 Å². The maximum atomic E-state index is 12.0. The second-order valence-corrected chi connectivity index (χ2v) is 5.37. The Morgan fingerprint density at radius 1 is 1.18 bits per heavy atom. The maximum Gasteiger partial charge on any atom is 0.338 e. The first-order valence-corrected chi connectivity index (χ1v) is 7.77. The molecule has 6 heteroatoms. The predicted molar refractivity (Wildman–Crippen MR) is 87.0 cm³/mol. The largest absolute Gasteiger partial charge is 0.457 e. The zero-order chi connectivity index (χ0) is 15.9. The Kier molecular flexibility index (Phi) is 5.43. The van der Waals surface area contributed by atoms with E-state index in [0.717, 1.165) is 10.5 Å². The summed E-state index contributed by atoms with van der Waals surface area (Å²) in [6.07, 6.45) is 2.00. The number of nitrogens with one attached hydrogen (secondary N) is 1. The molecule has 0 atom stereocenters. The van der Waals surface area contributed by atoms with Crippen molar-refractivity contribution in [2.45, 2.75) is 11.5 Å². The van der Waals surface area contributed by atoms with Crippen LogP contribution >= 0.6 is 11.8 Å². The van der Waals surface area contributed by atoms with E-state index in [9.17, 15) is 9.59 Å². The standard InChI is InChI=1S/C16H16N2O3S/c1-22-14-7-5-11(6-8-14)10-21-15(19)12-3-2-4-13(9-12)18-16(17)20/h2-9H,10H2,1H3,(H3,17,18,20). The molecule has 5 nitrogen and oxygen atoms in total. The van der Waals surface area contributed by atoms with Gasteiger partial charge in [0, 0.05) is 10.6 Å². The molecule has 0 aliphatic rings. The number of carbonyl (C=O) groups excluding carboxylic acids is 2. The molecular formula is C16H16N2O3S. The summed E-state index contributed by atoms with van der Waals surface area (Å²) in [7, 11) is 0. The van der Waals surface area contributed by atoms with E-state index in [2.05, 4.69) is 5.32 Å². The molecule has 0 aliphatic heterocycles. The number of hydrogen-bond donors (Lipinski definition) is 2. The van der Waals surface area contributed by atoms with E-state index in [1.54, 1.807) is 30.0 Å². The minimum atomic E-state index is -0.681. The highest BCUT2D eigenvalue weighted by Gasteiger charge is 2.08. The van der Waals surface area contributed by atoms with Gasteiger partial charge in [-0.15, -0.1) is 11.8 Å². The van der Waals surface area contributed by atoms with Gasteiger partial charge in [0.15, 0.2) is 0 Å². The van der Waals surface area contributed by atoms with Crippen LogP contribution in [-0.2, 0) is 11.3 Å². The first-order chi connectivity index (χ1) is 10.6. The van der Waals surface area contributed by atoms with Gasteiger partial charge in [-0.2, -0.15) is 0 Å². The SMILES string of the molecule is CSc1ccc(COC(=O)c2cccc(NC(N)=O)c2)cc1. The molecule has 0 aliphatic carbocycles. The topological polar surface area (TPSA) is 81.4 Å². The van der Waals surface area contributed by atoms with Crippen LogP contribution in [0, 0.1) is 0 Å². The van der Waals surface area contributed by atoms with Gasteiger partial charge >= 0.3 is 12.0 Å². The molecule has 2 amide bonds. The zero-order valence-electron chi connectivity index (χ0n) is 12.0. The van der Waals surface area contributed by atoms with Crippen LogP contribution in [0.1, 0.15) is 15.9 Å². The van der Waals surface area contributed by atoms with Gasteiger partial charge in [-0.1, -0.05) is 18.2 Å². The molecule has 0 unspecified atom stereocenters. The van der Waals surface area contributed by atoms with Crippen LogP contribution in [0.15, 0.2) is 53.4 Å². The molecule has 0 heterocycles. The fourth-order valence-electron chi connectivity index (χ4n) is 1.82. The first kappa shape index (κ1) is 15.9. The van der Waals surface area contributed by atoms with Crippen LogP contribution in [0.4, 0.5) is 10.5 Å². The maximum absolute atomic E-state index is 12.0. The number of hydrogen-bond acceptors (Lipinski definition) is 4. The van der Waals surface area contributed by atoms with E-state index >= 15 is 0 Å². The summed E-state index contributed by atoms with van der Waals surface area (Å²) in [6, 6.07) is 13.5. The van der Waals surface area contributed by atoms with Gasteiger partial charge in [0.1, 0.15) is 6.61 Å². The summed E-state index contributed by atoms with van der Waals surface area (Å²) >= 11 is 1.65. The molecule has 2 aromatic rings. The number of carbonyl (C=O) groups is 2. The van der Waals surface area contributed by atoms with Crippen molar-refractivity contribution in [2.24, 2.45) is 5.73 Å². The summed E-state index contributed by atoms with van der Waals surface area (Å²) in [5, 5.41) is 2.42. The Morgan fingerprint density at radius 2 is 1.91 bits per heavy atom. The van der Waals surface area contributed by atoms with E-state index in [1.807, 2.05) is 30.5 Å². The third kappa shape index (κ3) is 4.53. The lowest BCUT2D eigenvalue weighted by atomic mass is 10.2. The number of amides is 2. The van der Waals surface area contributed by atoms with Crippen molar-refractivity contribution in [3.05, 3.63) is 59.7 Å². The molecule has 2 rings (SSSR count). The second-order valence-electron chi connectivity index (χ2n) is 4.49. The fourth-order valence-corrected chi connectivity index (χ4v) is 2.23. The lowest BCUT2D eigenvalue weighted by Crippen LogP contribution is -2.19. The van der Waals surface area contributed by atoms with Crippen molar-refractivity contribution in [3.8, 4) is 0 Å². The van der Waals surface area contributed by atoms with Crippen molar-refractivity contribution < 1.29 is 14.3 Å². The quantitative estimate of drug-likeness (QED) is 0.655. The van der Waals surface area contributed by atoms with Gasteiger partial charge in [-0.05, 0) is 42.2 Å². The highest BCUT2D eigenvalue weighted by molar-refractivity contribution is 7.98. The smallest absolute Gasteiger partial charge is 0.338 e. The average molecular weight is 316 g/mol. The highest BCUT2D eigenvalue weighted by atomic mass is 32.2. The van der Waals surface area contributed by atoms with E-state index in [0.29, 0.717) is 11.3 Å². The first-order valence-electron chi connectivity index (χ1n) is 6.55. The molecule has 0 aromatic heterocycles. The molecule has 0 bridgehead atoms. The second kappa shape index (κ2) is 7.51. The summed E-state index contributed by atoms with van der Waals surface area (Å²) in [6.45, 7) is 0.195. The number of nitrogens with two attached hydrogens (primary N) is 1. The van der Waals surface area contributed by atoms with Gasteiger partial charge < -0.3 is 15.8 Å². The molecule has 0 radical (unpaired) electrons. The number of rotatable bonds is 5. The molecule has 114 valence electrons. The van der Waals surface area contributed by atoms with Crippen LogP contribution in [0.2, 0.25) is 0 Å². The Balaban J connectivity index is 1.97. The minimum absolute atomic E-state index is 0.195. The number of ether oxygens (including phenoxy) is 1. The molecule has 3 N–H and O–H groups in total. The van der Waals surface area contributed by atoms with Gasteiger partial charge in [-0.25, -0.2) is 9.59 Å². The monoisotopic (exact) mass is 316 g/mol. The van der Waals surface area contributed by atoms with Crippen molar-refractivity contribution in [1.29, 1.82) is 0 Å². The molecule has 0 saturated carbocycles. The number of anilines is 1. The van der Waals surface area contributed by atoms with Crippen LogP contribution in [0.3, 0.4) is 0 Å². The molecule has 22 heavy (non-hydrogen) atoms. The Hall–Kier alpha value is -2.47. The summed E-state index contributed by atoms with van der Waals surface area (Å²) < 4.78 is 5.26. The molecule has 0 saturated heterocycles. The lowest BCUT2D eigenvalue weighted by molar-refractivity contribution is 0.0472. The van der Waals surface area contributed by atoms with Crippen molar-refractivity contribution in [3.63, 3.8) is 0 Å². The van der Waals surface area contributed by atoms with E-state index in [-0.39, 0.29) is 6.61 Å². The van der Waals surface area contributed by atoms with Gasteiger partial charge in [0.2, 0.25) is 0 Å². The lowest BCUT2D eigenvalue weighted by Gasteiger charge is -2.07. The molecule has 0 fully saturated rings. The highest BCUT2D eigenvalue weighted by Crippen LogP contribution is 2.16. The minimum Gasteiger partial charge on any atom is -0.457 e. The van der Waals surface area contributed by atoms with E-state index in [4.69, 9.17) is 10.5 Å². The molecular weight excluding hydrogens is 300 g/mol. The van der Waals surface area contributed by atoms with Crippen LogP contribution in [0.5, 0.6) is 0 Å². The molecule has 0 spiro atoms. The average Bonchev–Trinajstić information content (AvgIpc) is 2.52. The Labute approximate surface area is 132 Å². The number of thioether (sulfide) groups is 1. The van der Waals surface area contributed by atoms with Crippen molar-refractivity contribution in [1.82, 2.24) is 0 Å². The number of primary amides is 1. The predicted octanol–water partition coefficient (Wildman–Crippen LogP) is 3.26. The summed E-state index contributed by atoms with van der Waals surface area (Å²) in [5.41, 5.74) is 6.76. The zero-order valence-corrected chi connectivity index (χ0v) is 12.9. The number of urea groups is 1. The van der Waals surface area contributed by atoms with E-state index < -0.39 is 12.0 Å². The Morgan fingerprint density at radius 3 is 2.55 bits per heavy atom. The third-order valence-electron chi connectivity index (χ3n) is 2.89. The number of esters is 1. The number of benzene rings is 2. The van der Waals surface area contributed by atoms with Gasteiger partial charge in [-0.3, -0.25) is 0 Å². The van der Waals surface area contributed by atoms with Gasteiger partial charge in [0.05, 0.1) is 5.56 Å². The summed E-state index contributed by atoms with van der Waals surface area (Å²) in [4.78, 5) is 24.0. The van der Waals surface area contributed by atoms with Crippen molar-refractivity contribution in [2.75, 3.05) is 11.6 Å². The van der Waals surface area contributed by atoms with Crippen LogP contribution in [0.25, 0.3) is 0 Å². The van der Waals surface area contributed by atoms with Crippen LogP contribution < -0.4 is 11.1 Å². The fraction of sp³-hybridized carbons (Fsp3) is 0.125. The third-order valence-corrected chi connectivity index (χ3v) is 3.64.